The Hall–Kier alpha value is -1.88. The summed E-state index contributed by atoms with van der Waals surface area (Å²) < 4.78 is 7.31. The Bertz CT molecular complexity index is 464. The molecule has 0 radical (unpaired) electrons. The minimum Gasteiger partial charge on any atom is -0.469 e. The molecule has 0 saturated carbocycles. The normalized spacial score (nSPS) is 15.8. The number of ether oxygens (including phenoxy) is 1. The van der Waals surface area contributed by atoms with Gasteiger partial charge >= 0.3 is 0 Å². The van der Waals surface area contributed by atoms with Crippen molar-refractivity contribution in [3.05, 3.63) is 36.5 Å². The fraction of sp³-hybridized carbons (Fsp3) is 0.273. The van der Waals surface area contributed by atoms with Crippen LogP contribution in [0.15, 0.2) is 36.5 Å². The second kappa shape index (κ2) is 3.94. The Labute approximate surface area is 93.0 Å². The molecule has 82 valence electrons. The van der Waals surface area contributed by atoms with E-state index in [1.807, 2.05) is 30.3 Å². The molecule has 0 amide bonds. The van der Waals surface area contributed by atoms with Crippen LogP contribution in [0.25, 0.3) is 5.69 Å². The summed E-state index contributed by atoms with van der Waals surface area (Å²) in [6.45, 7) is 1.77. The molecule has 5 nitrogen and oxygen atoms in total. The Morgan fingerprint density at radius 3 is 2.75 bits per heavy atom. The fourth-order valence-electron chi connectivity index (χ4n) is 1.53. The molecule has 0 aliphatic carbocycles. The summed E-state index contributed by atoms with van der Waals surface area (Å²) in [6, 6.07) is 9.85. The summed E-state index contributed by atoms with van der Waals surface area (Å²) in [5, 5.41) is 11.1. The minimum atomic E-state index is 0.237. The number of benzene rings is 1. The molecule has 1 N–H and O–H groups in total. The maximum absolute atomic E-state index is 5.60. The number of para-hydroxylation sites is 1. The van der Waals surface area contributed by atoms with E-state index >= 15 is 0 Å². The van der Waals surface area contributed by atoms with Crippen LogP contribution in [0.3, 0.4) is 0 Å². The highest BCUT2D eigenvalue weighted by Gasteiger charge is 2.19. The SMILES string of the molecule is c1ccc(-n2cc(OC3CNC3)nn2)cc1. The van der Waals surface area contributed by atoms with Crippen molar-refractivity contribution in [1.82, 2.24) is 20.3 Å². The molecule has 0 unspecified atom stereocenters. The lowest BCUT2D eigenvalue weighted by atomic mass is 10.2. The van der Waals surface area contributed by atoms with E-state index in [0.717, 1.165) is 18.8 Å². The monoisotopic (exact) mass is 216 g/mol. The second-order valence-electron chi connectivity index (χ2n) is 3.74. The summed E-state index contributed by atoms with van der Waals surface area (Å²) in [4.78, 5) is 0. The first-order valence-corrected chi connectivity index (χ1v) is 5.27. The van der Waals surface area contributed by atoms with Gasteiger partial charge < -0.3 is 10.1 Å². The van der Waals surface area contributed by atoms with Crippen molar-refractivity contribution in [2.75, 3.05) is 13.1 Å². The average molecular weight is 216 g/mol. The van der Waals surface area contributed by atoms with Crippen molar-refractivity contribution in [1.29, 1.82) is 0 Å². The van der Waals surface area contributed by atoms with Crippen LogP contribution >= 0.6 is 0 Å². The van der Waals surface area contributed by atoms with Crippen molar-refractivity contribution < 1.29 is 4.74 Å². The summed E-state index contributed by atoms with van der Waals surface area (Å²) in [5.74, 6) is 0.579. The van der Waals surface area contributed by atoms with Crippen LogP contribution in [0.5, 0.6) is 5.88 Å². The molecule has 16 heavy (non-hydrogen) atoms. The van der Waals surface area contributed by atoms with Gasteiger partial charge in [0, 0.05) is 13.1 Å². The predicted molar refractivity (Wildman–Crippen MR) is 58.6 cm³/mol. The van der Waals surface area contributed by atoms with E-state index in [-0.39, 0.29) is 6.10 Å². The van der Waals surface area contributed by atoms with Crippen molar-refractivity contribution in [2.24, 2.45) is 0 Å². The van der Waals surface area contributed by atoms with Gasteiger partial charge in [0.15, 0.2) is 0 Å². The van der Waals surface area contributed by atoms with E-state index in [2.05, 4.69) is 15.6 Å². The van der Waals surface area contributed by atoms with Crippen LogP contribution in [-0.4, -0.2) is 34.2 Å². The zero-order valence-corrected chi connectivity index (χ0v) is 8.71. The molecule has 0 atom stereocenters. The van der Waals surface area contributed by atoms with Crippen LogP contribution in [0.4, 0.5) is 0 Å². The second-order valence-corrected chi connectivity index (χ2v) is 3.74. The number of nitrogens with zero attached hydrogens (tertiary/aromatic N) is 3. The zero-order chi connectivity index (χ0) is 10.8. The highest BCUT2D eigenvalue weighted by molar-refractivity contribution is 5.30. The summed E-state index contributed by atoms with van der Waals surface area (Å²) >= 11 is 0. The molecular weight excluding hydrogens is 204 g/mol. The van der Waals surface area contributed by atoms with Gasteiger partial charge in [0.05, 0.1) is 11.9 Å². The first-order chi connectivity index (χ1) is 7.92. The smallest absolute Gasteiger partial charge is 0.254 e. The molecule has 0 spiro atoms. The zero-order valence-electron chi connectivity index (χ0n) is 8.71. The molecule has 1 aromatic carbocycles. The van der Waals surface area contributed by atoms with E-state index in [4.69, 9.17) is 4.74 Å². The Morgan fingerprint density at radius 2 is 2.06 bits per heavy atom. The van der Waals surface area contributed by atoms with Gasteiger partial charge in [-0.3, -0.25) is 0 Å². The van der Waals surface area contributed by atoms with Gasteiger partial charge in [0.25, 0.3) is 5.88 Å². The Morgan fingerprint density at radius 1 is 1.25 bits per heavy atom. The average Bonchev–Trinajstić information content (AvgIpc) is 2.73. The van der Waals surface area contributed by atoms with Gasteiger partial charge in [-0.1, -0.05) is 28.5 Å². The van der Waals surface area contributed by atoms with Crippen molar-refractivity contribution in [3.8, 4) is 11.6 Å². The van der Waals surface area contributed by atoms with E-state index in [1.165, 1.54) is 0 Å². The fourth-order valence-corrected chi connectivity index (χ4v) is 1.53. The van der Waals surface area contributed by atoms with Crippen LogP contribution in [0, 0.1) is 0 Å². The Kier molecular flexibility index (Phi) is 2.30. The van der Waals surface area contributed by atoms with Crippen molar-refractivity contribution in [3.63, 3.8) is 0 Å². The summed E-state index contributed by atoms with van der Waals surface area (Å²) in [7, 11) is 0. The minimum absolute atomic E-state index is 0.237. The molecule has 1 aliphatic heterocycles. The van der Waals surface area contributed by atoms with Gasteiger partial charge in [0.2, 0.25) is 0 Å². The van der Waals surface area contributed by atoms with Gasteiger partial charge in [0.1, 0.15) is 6.10 Å². The van der Waals surface area contributed by atoms with E-state index in [9.17, 15) is 0 Å². The highest BCUT2D eigenvalue weighted by Crippen LogP contribution is 2.12. The third-order valence-corrected chi connectivity index (χ3v) is 2.52. The molecule has 2 heterocycles. The lowest BCUT2D eigenvalue weighted by Crippen LogP contribution is -2.50. The molecule has 2 aromatic rings. The van der Waals surface area contributed by atoms with E-state index in [1.54, 1.807) is 10.9 Å². The van der Waals surface area contributed by atoms with Crippen LogP contribution in [0.1, 0.15) is 0 Å². The van der Waals surface area contributed by atoms with E-state index in [0.29, 0.717) is 5.88 Å². The van der Waals surface area contributed by atoms with Gasteiger partial charge in [-0.25, -0.2) is 4.68 Å². The van der Waals surface area contributed by atoms with Crippen LogP contribution < -0.4 is 10.1 Å². The maximum Gasteiger partial charge on any atom is 0.254 e. The first kappa shape index (κ1) is 9.35. The quantitative estimate of drug-likeness (QED) is 0.817. The molecule has 1 aliphatic rings. The summed E-state index contributed by atoms with van der Waals surface area (Å²) in [6.07, 6.45) is 2.04. The molecule has 5 heteroatoms. The number of rotatable bonds is 3. The van der Waals surface area contributed by atoms with Crippen molar-refractivity contribution >= 4 is 0 Å². The van der Waals surface area contributed by atoms with Crippen LogP contribution in [0.2, 0.25) is 0 Å². The first-order valence-electron chi connectivity index (χ1n) is 5.27. The third kappa shape index (κ3) is 1.77. The van der Waals surface area contributed by atoms with E-state index < -0.39 is 0 Å². The summed E-state index contributed by atoms with van der Waals surface area (Å²) in [5.41, 5.74) is 0.983. The van der Waals surface area contributed by atoms with Crippen molar-refractivity contribution in [2.45, 2.75) is 6.10 Å². The highest BCUT2D eigenvalue weighted by atomic mass is 16.5. The van der Waals surface area contributed by atoms with Gasteiger partial charge in [-0.2, -0.15) is 0 Å². The van der Waals surface area contributed by atoms with Crippen LogP contribution in [-0.2, 0) is 0 Å². The molecule has 1 aromatic heterocycles. The van der Waals surface area contributed by atoms with Gasteiger partial charge in [-0.05, 0) is 12.1 Å². The molecular formula is C11H12N4O. The topological polar surface area (TPSA) is 52.0 Å². The largest absolute Gasteiger partial charge is 0.469 e. The lowest BCUT2D eigenvalue weighted by molar-refractivity contribution is 0.136. The molecule has 0 bridgehead atoms. The van der Waals surface area contributed by atoms with Gasteiger partial charge in [-0.15, -0.1) is 0 Å². The lowest BCUT2D eigenvalue weighted by Gasteiger charge is -2.26. The molecule has 1 saturated heterocycles. The third-order valence-electron chi connectivity index (χ3n) is 2.52. The number of aromatic nitrogens is 3. The Balaban J connectivity index is 1.77. The number of hydrogen-bond donors (Lipinski definition) is 1. The number of hydrogen-bond acceptors (Lipinski definition) is 4. The maximum atomic E-state index is 5.60. The molecule has 3 rings (SSSR count). The standard InChI is InChI=1S/C11H12N4O/c1-2-4-9(5-3-1)15-8-11(13-14-15)16-10-6-12-7-10/h1-5,8,10,12H,6-7H2. The molecule has 1 fully saturated rings. The predicted octanol–water partition coefficient (Wildman–Crippen LogP) is 0.618. The number of nitrogens with one attached hydrogen (secondary N) is 1.